The number of amides is 3. The number of primary amides is 1. The van der Waals surface area contributed by atoms with Gasteiger partial charge in [0.05, 0.1) is 6.61 Å². The standard InChI is InChI=1S/C12H23N3O5/c1-12(2,3)20-11(19)15-8(10(13)18)4-5-9(17)14-6-7-16/h8,16H,4-7H2,1-3H3,(H2,13,18)(H,14,17)(H,15,19)/t8-/m1/s1. The Bertz CT molecular complexity index is 351. The molecule has 8 nitrogen and oxygen atoms in total. The average molecular weight is 289 g/mol. The largest absolute Gasteiger partial charge is 0.444 e. The molecule has 0 spiro atoms. The second-order valence-corrected chi connectivity index (χ2v) is 5.21. The highest BCUT2D eigenvalue weighted by atomic mass is 16.6. The predicted octanol–water partition coefficient (Wildman–Crippen LogP) is -0.746. The van der Waals surface area contributed by atoms with Crippen LogP contribution in [0.3, 0.4) is 0 Å². The molecule has 0 aliphatic carbocycles. The first-order valence-corrected chi connectivity index (χ1v) is 6.32. The highest BCUT2D eigenvalue weighted by Crippen LogP contribution is 2.07. The molecule has 0 radical (unpaired) electrons. The number of carbonyl (C=O) groups is 3. The summed E-state index contributed by atoms with van der Waals surface area (Å²) in [5.74, 6) is -1.08. The van der Waals surface area contributed by atoms with Crippen molar-refractivity contribution in [1.29, 1.82) is 0 Å². The van der Waals surface area contributed by atoms with Gasteiger partial charge in [-0.25, -0.2) is 4.79 Å². The topological polar surface area (TPSA) is 131 Å². The first kappa shape index (κ1) is 18.2. The van der Waals surface area contributed by atoms with E-state index in [2.05, 4.69) is 10.6 Å². The molecule has 20 heavy (non-hydrogen) atoms. The van der Waals surface area contributed by atoms with Crippen LogP contribution in [-0.2, 0) is 14.3 Å². The maximum atomic E-state index is 11.5. The summed E-state index contributed by atoms with van der Waals surface area (Å²) in [6, 6.07) is -0.982. The maximum Gasteiger partial charge on any atom is 0.408 e. The van der Waals surface area contributed by atoms with Crippen LogP contribution >= 0.6 is 0 Å². The van der Waals surface area contributed by atoms with E-state index < -0.39 is 23.6 Å². The van der Waals surface area contributed by atoms with E-state index in [9.17, 15) is 14.4 Å². The summed E-state index contributed by atoms with van der Waals surface area (Å²) in [6.07, 6.45) is -0.702. The van der Waals surface area contributed by atoms with Crippen LogP contribution in [0.1, 0.15) is 33.6 Å². The van der Waals surface area contributed by atoms with Gasteiger partial charge >= 0.3 is 6.09 Å². The van der Waals surface area contributed by atoms with E-state index in [0.29, 0.717) is 0 Å². The molecule has 116 valence electrons. The first-order chi connectivity index (χ1) is 9.15. The number of ether oxygens (including phenoxy) is 1. The molecular weight excluding hydrogens is 266 g/mol. The van der Waals surface area contributed by atoms with E-state index in [0.717, 1.165) is 0 Å². The van der Waals surface area contributed by atoms with Crippen LogP contribution in [0, 0.1) is 0 Å². The van der Waals surface area contributed by atoms with E-state index >= 15 is 0 Å². The number of hydrogen-bond acceptors (Lipinski definition) is 5. The van der Waals surface area contributed by atoms with Crippen LogP contribution in [0.25, 0.3) is 0 Å². The fraction of sp³-hybridized carbons (Fsp3) is 0.750. The molecule has 0 heterocycles. The molecule has 0 aromatic carbocycles. The maximum absolute atomic E-state index is 11.5. The Kier molecular flexibility index (Phi) is 7.60. The van der Waals surface area contributed by atoms with Gasteiger partial charge in [-0.15, -0.1) is 0 Å². The van der Waals surface area contributed by atoms with E-state index in [-0.39, 0.29) is 31.9 Å². The minimum Gasteiger partial charge on any atom is -0.444 e. The number of rotatable bonds is 7. The molecule has 0 bridgehead atoms. The highest BCUT2D eigenvalue weighted by molar-refractivity contribution is 5.85. The molecule has 8 heteroatoms. The molecule has 1 atom stereocenters. The van der Waals surface area contributed by atoms with Gasteiger partial charge < -0.3 is 26.2 Å². The summed E-state index contributed by atoms with van der Waals surface area (Å²) < 4.78 is 5.00. The first-order valence-electron chi connectivity index (χ1n) is 6.32. The number of nitrogens with one attached hydrogen (secondary N) is 2. The van der Waals surface area contributed by atoms with Gasteiger partial charge in [-0.2, -0.15) is 0 Å². The molecule has 0 fully saturated rings. The van der Waals surface area contributed by atoms with Crippen LogP contribution in [0.5, 0.6) is 0 Å². The van der Waals surface area contributed by atoms with E-state index in [1.165, 1.54) is 0 Å². The molecule has 0 aromatic rings. The van der Waals surface area contributed by atoms with Gasteiger partial charge in [-0.1, -0.05) is 0 Å². The molecule has 0 saturated carbocycles. The third-order valence-corrected chi connectivity index (χ3v) is 2.13. The van der Waals surface area contributed by atoms with Crippen molar-refractivity contribution in [3.63, 3.8) is 0 Å². The van der Waals surface area contributed by atoms with Gasteiger partial charge in [0, 0.05) is 13.0 Å². The zero-order valence-electron chi connectivity index (χ0n) is 12.1. The molecule has 0 rings (SSSR count). The van der Waals surface area contributed by atoms with Crippen molar-refractivity contribution in [1.82, 2.24) is 10.6 Å². The molecule has 3 amide bonds. The lowest BCUT2D eigenvalue weighted by Gasteiger charge is -2.22. The summed E-state index contributed by atoms with van der Waals surface area (Å²) in [5, 5.41) is 13.3. The van der Waals surface area contributed by atoms with Crippen LogP contribution in [0.4, 0.5) is 4.79 Å². The van der Waals surface area contributed by atoms with Gasteiger partial charge in [0.25, 0.3) is 0 Å². The lowest BCUT2D eigenvalue weighted by molar-refractivity contribution is -0.122. The quantitative estimate of drug-likeness (QED) is 0.490. The van der Waals surface area contributed by atoms with Gasteiger partial charge in [-0.05, 0) is 27.2 Å². The summed E-state index contributed by atoms with van der Waals surface area (Å²) in [7, 11) is 0. The van der Waals surface area contributed by atoms with Crippen molar-refractivity contribution in [2.45, 2.75) is 45.3 Å². The monoisotopic (exact) mass is 289 g/mol. The fourth-order valence-corrected chi connectivity index (χ4v) is 1.29. The third kappa shape index (κ3) is 9.15. The van der Waals surface area contributed by atoms with Crippen molar-refractivity contribution in [2.24, 2.45) is 5.73 Å². The molecule has 5 N–H and O–H groups in total. The third-order valence-electron chi connectivity index (χ3n) is 2.13. The average Bonchev–Trinajstić information content (AvgIpc) is 2.29. The van der Waals surface area contributed by atoms with Gasteiger partial charge in [0.1, 0.15) is 11.6 Å². The number of carbonyl (C=O) groups excluding carboxylic acids is 3. The van der Waals surface area contributed by atoms with E-state index in [1.54, 1.807) is 20.8 Å². The summed E-state index contributed by atoms with van der Waals surface area (Å²) in [4.78, 5) is 34.0. The van der Waals surface area contributed by atoms with Crippen molar-refractivity contribution in [3.8, 4) is 0 Å². The van der Waals surface area contributed by atoms with Crippen LogP contribution < -0.4 is 16.4 Å². The molecule has 0 aliphatic heterocycles. The minimum atomic E-state index is -0.982. The Morgan fingerprint density at radius 1 is 1.30 bits per heavy atom. The molecular formula is C12H23N3O5. The highest BCUT2D eigenvalue weighted by Gasteiger charge is 2.23. The lowest BCUT2D eigenvalue weighted by Crippen LogP contribution is -2.46. The smallest absolute Gasteiger partial charge is 0.408 e. The fourth-order valence-electron chi connectivity index (χ4n) is 1.29. The van der Waals surface area contributed by atoms with Crippen molar-refractivity contribution >= 4 is 17.9 Å². The van der Waals surface area contributed by atoms with Crippen LogP contribution in [0.15, 0.2) is 0 Å². The number of hydrogen-bond donors (Lipinski definition) is 4. The van der Waals surface area contributed by atoms with Gasteiger partial charge in [0.15, 0.2) is 0 Å². The van der Waals surface area contributed by atoms with Crippen molar-refractivity contribution in [3.05, 3.63) is 0 Å². The SMILES string of the molecule is CC(C)(C)OC(=O)N[C@H](CCC(=O)NCCO)C(N)=O. The van der Waals surface area contributed by atoms with Crippen molar-refractivity contribution in [2.75, 3.05) is 13.2 Å². The van der Waals surface area contributed by atoms with Crippen LogP contribution in [0.2, 0.25) is 0 Å². The zero-order valence-corrected chi connectivity index (χ0v) is 12.1. The summed E-state index contributed by atoms with van der Waals surface area (Å²) in [6.45, 7) is 5.04. The molecule has 0 aromatic heterocycles. The normalized spacial score (nSPS) is 12.4. The molecule has 0 unspecified atom stereocenters. The van der Waals surface area contributed by atoms with Gasteiger partial charge in [0.2, 0.25) is 11.8 Å². The Morgan fingerprint density at radius 2 is 1.90 bits per heavy atom. The van der Waals surface area contributed by atoms with E-state index in [1.807, 2.05) is 0 Å². The molecule has 0 aliphatic rings. The summed E-state index contributed by atoms with van der Waals surface area (Å²) in [5.41, 5.74) is 4.46. The summed E-state index contributed by atoms with van der Waals surface area (Å²) >= 11 is 0. The Hall–Kier alpha value is -1.83. The lowest BCUT2D eigenvalue weighted by atomic mass is 10.1. The number of aliphatic hydroxyl groups is 1. The Balaban J connectivity index is 4.27. The second kappa shape index (κ2) is 8.36. The zero-order chi connectivity index (χ0) is 15.8. The molecule has 0 saturated heterocycles. The van der Waals surface area contributed by atoms with E-state index in [4.69, 9.17) is 15.6 Å². The van der Waals surface area contributed by atoms with Gasteiger partial charge in [-0.3, -0.25) is 9.59 Å². The number of alkyl carbamates (subject to hydrolysis) is 1. The Morgan fingerprint density at radius 3 is 2.35 bits per heavy atom. The Labute approximate surface area is 118 Å². The minimum absolute atomic E-state index is 0.00338. The number of aliphatic hydroxyl groups excluding tert-OH is 1. The second-order valence-electron chi connectivity index (χ2n) is 5.21. The number of nitrogens with two attached hydrogens (primary N) is 1. The predicted molar refractivity (Wildman–Crippen MR) is 71.7 cm³/mol. The van der Waals surface area contributed by atoms with Crippen molar-refractivity contribution < 1.29 is 24.2 Å². The van der Waals surface area contributed by atoms with Crippen LogP contribution in [-0.4, -0.2) is 47.8 Å².